The molecule has 7 nitrogen and oxygen atoms in total. The zero-order valence-corrected chi connectivity index (χ0v) is 15.3. The number of aliphatic imine (C=N–C) groups is 2. The lowest BCUT2D eigenvalue weighted by Crippen LogP contribution is -2.40. The van der Waals surface area contributed by atoms with Crippen LogP contribution in [0.2, 0.25) is 0 Å². The van der Waals surface area contributed by atoms with Gasteiger partial charge in [0.15, 0.2) is 5.96 Å². The largest absolute Gasteiger partial charge is 0.497 e. The minimum absolute atomic E-state index is 0. The Kier molecular flexibility index (Phi) is 9.68. The lowest BCUT2D eigenvalue weighted by molar-refractivity contribution is 0.394. The molecule has 1 aliphatic heterocycles. The fourth-order valence-corrected chi connectivity index (χ4v) is 2.05. The fraction of sp³-hybridized carbons (Fsp3) is 0.333. The lowest BCUT2D eigenvalue weighted by atomic mass is 10.3. The molecule has 0 saturated carbocycles. The summed E-state index contributed by atoms with van der Waals surface area (Å²) >= 11 is 0. The highest BCUT2D eigenvalue weighted by Crippen LogP contribution is 2.27. The van der Waals surface area contributed by atoms with E-state index in [-0.39, 0.29) is 30.8 Å². The molecule has 24 heavy (non-hydrogen) atoms. The number of nitrogens with two attached hydrogens (primary N) is 2. The van der Waals surface area contributed by atoms with Crippen molar-refractivity contribution in [2.24, 2.45) is 21.5 Å². The molecule has 134 valence electrons. The van der Waals surface area contributed by atoms with Crippen molar-refractivity contribution in [3.63, 3.8) is 0 Å². The van der Waals surface area contributed by atoms with E-state index in [2.05, 4.69) is 16.1 Å². The van der Waals surface area contributed by atoms with Gasteiger partial charge in [0.2, 0.25) is 5.96 Å². The minimum atomic E-state index is 0. The summed E-state index contributed by atoms with van der Waals surface area (Å²) in [7, 11) is 3.15. The van der Waals surface area contributed by atoms with Crippen molar-refractivity contribution in [1.29, 1.82) is 0 Å². The van der Waals surface area contributed by atoms with E-state index in [1.165, 1.54) is 0 Å². The molecule has 0 saturated heterocycles. The topological polar surface area (TPSA) is 98.5 Å². The summed E-state index contributed by atoms with van der Waals surface area (Å²) < 4.78 is 10.4. The number of halogens is 2. The normalized spacial score (nSPS) is 14.5. The van der Waals surface area contributed by atoms with E-state index in [4.69, 9.17) is 20.9 Å². The third-order valence-corrected chi connectivity index (χ3v) is 3.19. The maximum absolute atomic E-state index is 5.95. The van der Waals surface area contributed by atoms with Crippen LogP contribution >= 0.6 is 24.8 Å². The molecule has 0 spiro atoms. The van der Waals surface area contributed by atoms with E-state index in [0.29, 0.717) is 23.1 Å². The maximum Gasteiger partial charge on any atom is 0.223 e. The zero-order chi connectivity index (χ0) is 15.9. The first-order valence-electron chi connectivity index (χ1n) is 6.93. The first-order chi connectivity index (χ1) is 10.6. The number of methoxy groups -OCH3 is 2. The third-order valence-electron chi connectivity index (χ3n) is 3.19. The van der Waals surface area contributed by atoms with Crippen molar-refractivity contribution in [3.05, 3.63) is 30.4 Å². The van der Waals surface area contributed by atoms with Gasteiger partial charge in [-0.2, -0.15) is 4.99 Å². The molecule has 9 heteroatoms. The summed E-state index contributed by atoms with van der Waals surface area (Å²) in [6.45, 7) is 1.56. The SMILES string of the molecule is COc1cc(N=C(N)/N=C(/N)N2CC=CCC2)cc(OC)c1.Cl.Cl. The standard InChI is InChI=1S/C15H21N5O2.2ClH/c1-21-12-8-11(9-13(10-12)22-2)18-14(16)19-15(17)20-6-4-3-5-7-20;;/h3-4,8-10H,5-7H2,1-2H3,(H4,16,17,18,19);2*1H. The number of hydrogen-bond acceptors (Lipinski definition) is 3. The molecule has 0 radical (unpaired) electrons. The first-order valence-corrected chi connectivity index (χ1v) is 6.93. The Morgan fingerprint density at radius 2 is 1.67 bits per heavy atom. The van der Waals surface area contributed by atoms with Gasteiger partial charge in [0.25, 0.3) is 0 Å². The third kappa shape index (κ3) is 6.17. The highest BCUT2D eigenvalue weighted by atomic mass is 35.5. The second-order valence-electron chi connectivity index (χ2n) is 4.72. The molecule has 0 fully saturated rings. The molecule has 0 aliphatic carbocycles. The second kappa shape index (κ2) is 10.6. The Bertz CT molecular complexity index is 598. The Morgan fingerprint density at radius 3 is 2.17 bits per heavy atom. The van der Waals surface area contributed by atoms with Crippen molar-refractivity contribution in [2.75, 3.05) is 27.3 Å². The average molecular weight is 376 g/mol. The molecule has 0 aromatic heterocycles. The van der Waals surface area contributed by atoms with Gasteiger partial charge >= 0.3 is 0 Å². The second-order valence-corrected chi connectivity index (χ2v) is 4.72. The van der Waals surface area contributed by atoms with Gasteiger partial charge in [-0.1, -0.05) is 12.2 Å². The smallest absolute Gasteiger partial charge is 0.223 e. The number of hydrogen-bond donors (Lipinski definition) is 2. The summed E-state index contributed by atoms with van der Waals surface area (Å²) in [5, 5.41) is 0. The molecule has 1 aliphatic rings. The number of ether oxygens (including phenoxy) is 2. The van der Waals surface area contributed by atoms with Gasteiger partial charge in [0.05, 0.1) is 19.9 Å². The molecule has 0 bridgehead atoms. The van der Waals surface area contributed by atoms with E-state index < -0.39 is 0 Å². The monoisotopic (exact) mass is 375 g/mol. The first kappa shape index (κ1) is 21.9. The quantitative estimate of drug-likeness (QED) is 0.478. The predicted molar refractivity (Wildman–Crippen MR) is 102 cm³/mol. The fourth-order valence-electron chi connectivity index (χ4n) is 2.05. The summed E-state index contributed by atoms with van der Waals surface area (Å²) in [6.07, 6.45) is 5.11. The van der Waals surface area contributed by atoms with E-state index >= 15 is 0 Å². The van der Waals surface area contributed by atoms with Crippen LogP contribution in [0.1, 0.15) is 6.42 Å². The number of nitrogens with zero attached hydrogens (tertiary/aromatic N) is 3. The summed E-state index contributed by atoms with van der Waals surface area (Å²) in [5.74, 6) is 1.70. The highest BCUT2D eigenvalue weighted by Gasteiger charge is 2.09. The van der Waals surface area contributed by atoms with Crippen molar-refractivity contribution >= 4 is 42.4 Å². The highest BCUT2D eigenvalue weighted by molar-refractivity contribution is 5.94. The molecule has 1 aromatic rings. The summed E-state index contributed by atoms with van der Waals surface area (Å²) in [6, 6.07) is 5.24. The summed E-state index contributed by atoms with van der Waals surface area (Å²) in [5.41, 5.74) is 12.4. The van der Waals surface area contributed by atoms with Crippen molar-refractivity contribution in [3.8, 4) is 11.5 Å². The van der Waals surface area contributed by atoms with Crippen LogP contribution in [0.4, 0.5) is 5.69 Å². The summed E-state index contributed by atoms with van der Waals surface area (Å²) in [4.78, 5) is 10.3. The minimum Gasteiger partial charge on any atom is -0.497 e. The van der Waals surface area contributed by atoms with Crippen LogP contribution in [-0.4, -0.2) is 44.1 Å². The van der Waals surface area contributed by atoms with E-state index in [0.717, 1.165) is 19.5 Å². The van der Waals surface area contributed by atoms with E-state index in [1.54, 1.807) is 32.4 Å². The molecule has 4 N–H and O–H groups in total. The van der Waals surface area contributed by atoms with Crippen LogP contribution in [0.5, 0.6) is 11.5 Å². The Morgan fingerprint density at radius 1 is 1.04 bits per heavy atom. The van der Waals surface area contributed by atoms with Gasteiger partial charge in [-0.05, 0) is 6.42 Å². The molecule has 1 aromatic carbocycles. The Balaban J connectivity index is 0.00000264. The van der Waals surface area contributed by atoms with Crippen LogP contribution in [0, 0.1) is 0 Å². The van der Waals surface area contributed by atoms with E-state index in [9.17, 15) is 0 Å². The average Bonchev–Trinajstić information content (AvgIpc) is 2.55. The number of benzene rings is 1. The molecule has 0 unspecified atom stereocenters. The molecular weight excluding hydrogens is 353 g/mol. The molecule has 0 atom stereocenters. The molecule has 2 rings (SSSR count). The Hall–Kier alpha value is -2.12. The van der Waals surface area contributed by atoms with Gasteiger partial charge in [-0.3, -0.25) is 0 Å². The number of guanidine groups is 2. The van der Waals surface area contributed by atoms with Crippen LogP contribution in [0.15, 0.2) is 40.3 Å². The number of rotatable bonds is 3. The van der Waals surface area contributed by atoms with E-state index in [1.807, 2.05) is 11.0 Å². The van der Waals surface area contributed by atoms with Gasteiger partial charge in [0.1, 0.15) is 11.5 Å². The van der Waals surface area contributed by atoms with Crippen LogP contribution < -0.4 is 20.9 Å². The van der Waals surface area contributed by atoms with Gasteiger partial charge < -0.3 is 25.8 Å². The van der Waals surface area contributed by atoms with Gasteiger partial charge in [-0.15, -0.1) is 24.8 Å². The van der Waals surface area contributed by atoms with Crippen molar-refractivity contribution in [1.82, 2.24) is 4.90 Å². The van der Waals surface area contributed by atoms with Crippen LogP contribution in [0.3, 0.4) is 0 Å². The van der Waals surface area contributed by atoms with Crippen LogP contribution in [0.25, 0.3) is 0 Å². The molecule has 1 heterocycles. The maximum atomic E-state index is 5.95. The van der Waals surface area contributed by atoms with Gasteiger partial charge in [-0.25, -0.2) is 4.99 Å². The van der Waals surface area contributed by atoms with Crippen molar-refractivity contribution in [2.45, 2.75) is 6.42 Å². The zero-order valence-electron chi connectivity index (χ0n) is 13.6. The van der Waals surface area contributed by atoms with Crippen molar-refractivity contribution < 1.29 is 9.47 Å². The molecular formula is C15H23Cl2N5O2. The predicted octanol–water partition coefficient (Wildman–Crippen LogP) is 2.07. The lowest BCUT2D eigenvalue weighted by Gasteiger charge is -2.23. The van der Waals surface area contributed by atoms with Gasteiger partial charge in [0, 0.05) is 31.3 Å². The van der Waals surface area contributed by atoms with Crippen LogP contribution in [-0.2, 0) is 0 Å². The Labute approximate surface area is 154 Å². The molecule has 0 amide bonds.